The van der Waals surface area contributed by atoms with Gasteiger partial charge < -0.3 is 15.4 Å². The van der Waals surface area contributed by atoms with Crippen molar-refractivity contribution in [1.29, 1.82) is 0 Å². The molecular formula is C21H30N2O2. The van der Waals surface area contributed by atoms with Crippen LogP contribution in [0.2, 0.25) is 0 Å². The van der Waals surface area contributed by atoms with Gasteiger partial charge in [-0.15, -0.1) is 0 Å². The molecule has 0 bridgehead atoms. The summed E-state index contributed by atoms with van der Waals surface area (Å²) in [6.07, 6.45) is 7.52. The van der Waals surface area contributed by atoms with Crippen LogP contribution in [0.1, 0.15) is 50.0 Å². The Bertz CT molecular complexity index is 607. The van der Waals surface area contributed by atoms with E-state index >= 15 is 0 Å². The summed E-state index contributed by atoms with van der Waals surface area (Å²) in [5.41, 5.74) is 1.76. The van der Waals surface area contributed by atoms with Crippen LogP contribution in [0.3, 0.4) is 0 Å². The van der Waals surface area contributed by atoms with E-state index in [1.807, 2.05) is 12.1 Å². The van der Waals surface area contributed by atoms with Crippen LogP contribution in [-0.2, 0) is 4.79 Å². The normalized spacial score (nSPS) is 30.2. The first kappa shape index (κ1) is 16.9. The predicted octanol–water partition coefficient (Wildman–Crippen LogP) is 3.08. The predicted molar refractivity (Wildman–Crippen MR) is 98.7 cm³/mol. The first-order valence-electron chi connectivity index (χ1n) is 9.84. The summed E-state index contributed by atoms with van der Waals surface area (Å²) in [5, 5.41) is 6.78. The van der Waals surface area contributed by atoms with Crippen LogP contribution in [0, 0.1) is 17.3 Å². The van der Waals surface area contributed by atoms with Gasteiger partial charge in [0.1, 0.15) is 5.75 Å². The zero-order valence-electron chi connectivity index (χ0n) is 15.2. The molecule has 2 aliphatic carbocycles. The summed E-state index contributed by atoms with van der Waals surface area (Å²) in [6, 6.07) is 8.17. The summed E-state index contributed by atoms with van der Waals surface area (Å²) in [6.45, 7) is 3.17. The number of piperidine rings is 1. The molecule has 136 valence electrons. The Morgan fingerprint density at radius 2 is 2.00 bits per heavy atom. The van der Waals surface area contributed by atoms with Crippen molar-refractivity contribution in [3.8, 4) is 5.75 Å². The highest BCUT2D eigenvalue weighted by molar-refractivity contribution is 5.82. The lowest BCUT2D eigenvalue weighted by Gasteiger charge is -2.39. The van der Waals surface area contributed by atoms with Crippen molar-refractivity contribution in [1.82, 2.24) is 10.6 Å². The van der Waals surface area contributed by atoms with Gasteiger partial charge in [-0.1, -0.05) is 18.6 Å². The zero-order chi connectivity index (χ0) is 17.3. The summed E-state index contributed by atoms with van der Waals surface area (Å²) >= 11 is 0. The maximum absolute atomic E-state index is 12.6. The van der Waals surface area contributed by atoms with E-state index in [1.165, 1.54) is 37.7 Å². The van der Waals surface area contributed by atoms with Crippen LogP contribution >= 0.6 is 0 Å². The molecule has 1 spiro atoms. The van der Waals surface area contributed by atoms with Crippen molar-refractivity contribution in [2.45, 2.75) is 44.4 Å². The van der Waals surface area contributed by atoms with E-state index in [4.69, 9.17) is 4.74 Å². The molecule has 1 amide bonds. The quantitative estimate of drug-likeness (QED) is 0.864. The zero-order valence-corrected chi connectivity index (χ0v) is 15.2. The van der Waals surface area contributed by atoms with Gasteiger partial charge in [-0.3, -0.25) is 4.79 Å². The second kappa shape index (κ2) is 6.99. The summed E-state index contributed by atoms with van der Waals surface area (Å²) in [4.78, 5) is 12.6. The minimum atomic E-state index is 0.166. The van der Waals surface area contributed by atoms with Crippen LogP contribution in [-0.4, -0.2) is 32.7 Å². The number of methoxy groups -OCH3 is 1. The summed E-state index contributed by atoms with van der Waals surface area (Å²) < 4.78 is 5.21. The number of rotatable bonds is 5. The number of nitrogens with one attached hydrogen (secondary N) is 2. The first-order chi connectivity index (χ1) is 12.2. The first-order valence-corrected chi connectivity index (χ1v) is 9.84. The minimum Gasteiger partial charge on any atom is -0.497 e. The van der Waals surface area contributed by atoms with Gasteiger partial charge in [0.15, 0.2) is 0 Å². The standard InChI is InChI=1S/C21H30N2O2/c1-25-17-6-4-15(5-7-17)18-13-19(18)20(24)23-14-16-3-2-8-21(16)9-11-22-12-10-21/h4-7,16,18-19,22H,2-3,8-14H2,1H3,(H,23,24)/t16?,18-,19+/m0/s1. The molecule has 1 aromatic rings. The molecule has 0 aromatic heterocycles. The van der Waals surface area contributed by atoms with Crippen molar-refractivity contribution in [2.24, 2.45) is 17.3 Å². The molecule has 4 nitrogen and oxygen atoms in total. The molecule has 4 rings (SSSR count). The second-order valence-electron chi connectivity index (χ2n) is 8.17. The van der Waals surface area contributed by atoms with E-state index in [1.54, 1.807) is 7.11 Å². The molecule has 1 unspecified atom stereocenters. The number of hydrogen-bond acceptors (Lipinski definition) is 3. The van der Waals surface area contributed by atoms with Gasteiger partial charge in [-0.2, -0.15) is 0 Å². The smallest absolute Gasteiger partial charge is 0.223 e. The Labute approximate surface area is 150 Å². The van der Waals surface area contributed by atoms with Gasteiger partial charge in [0.2, 0.25) is 5.91 Å². The van der Waals surface area contributed by atoms with Crippen LogP contribution in [0.25, 0.3) is 0 Å². The maximum Gasteiger partial charge on any atom is 0.223 e. The average molecular weight is 342 g/mol. The fourth-order valence-corrected chi connectivity index (χ4v) is 5.17. The number of ether oxygens (including phenoxy) is 1. The average Bonchev–Trinajstić information content (AvgIpc) is 3.38. The van der Waals surface area contributed by atoms with Gasteiger partial charge in [0.05, 0.1) is 7.11 Å². The largest absolute Gasteiger partial charge is 0.497 e. The van der Waals surface area contributed by atoms with Crippen molar-refractivity contribution in [2.75, 3.05) is 26.7 Å². The molecule has 1 heterocycles. The molecule has 3 fully saturated rings. The molecule has 4 heteroatoms. The van der Waals surface area contributed by atoms with Crippen LogP contribution in [0.4, 0.5) is 0 Å². The Hall–Kier alpha value is -1.55. The van der Waals surface area contributed by atoms with E-state index in [0.29, 0.717) is 17.3 Å². The third-order valence-corrected chi connectivity index (χ3v) is 6.89. The highest BCUT2D eigenvalue weighted by Crippen LogP contribution is 2.50. The van der Waals surface area contributed by atoms with E-state index in [9.17, 15) is 4.79 Å². The van der Waals surface area contributed by atoms with Crippen molar-refractivity contribution in [3.05, 3.63) is 29.8 Å². The SMILES string of the molecule is COc1ccc([C@@H]2C[C@H]2C(=O)NCC2CCCC23CCNCC3)cc1. The van der Waals surface area contributed by atoms with Crippen molar-refractivity contribution in [3.63, 3.8) is 0 Å². The topological polar surface area (TPSA) is 50.4 Å². The Kier molecular flexibility index (Phi) is 4.72. The molecule has 1 aromatic carbocycles. The van der Waals surface area contributed by atoms with E-state index < -0.39 is 0 Å². The van der Waals surface area contributed by atoms with Crippen LogP contribution in [0.5, 0.6) is 5.75 Å². The summed E-state index contributed by atoms with van der Waals surface area (Å²) in [7, 11) is 1.68. The summed E-state index contributed by atoms with van der Waals surface area (Å²) in [5.74, 6) is 2.37. The number of carbonyl (C=O) groups excluding carboxylic acids is 1. The Morgan fingerprint density at radius 1 is 1.24 bits per heavy atom. The third kappa shape index (κ3) is 3.41. The van der Waals surface area contributed by atoms with Crippen molar-refractivity contribution >= 4 is 5.91 Å². The maximum atomic E-state index is 12.6. The van der Waals surface area contributed by atoms with Gasteiger partial charge >= 0.3 is 0 Å². The fourth-order valence-electron chi connectivity index (χ4n) is 5.17. The van der Waals surface area contributed by atoms with Gasteiger partial charge in [-0.05, 0) is 80.1 Å². The van der Waals surface area contributed by atoms with Gasteiger partial charge in [0, 0.05) is 12.5 Å². The van der Waals surface area contributed by atoms with E-state index in [-0.39, 0.29) is 11.8 Å². The minimum absolute atomic E-state index is 0.166. The van der Waals surface area contributed by atoms with E-state index in [2.05, 4.69) is 22.8 Å². The number of carbonyl (C=O) groups is 1. The van der Waals surface area contributed by atoms with Gasteiger partial charge in [-0.25, -0.2) is 0 Å². The molecule has 1 saturated heterocycles. The molecular weight excluding hydrogens is 312 g/mol. The second-order valence-corrected chi connectivity index (χ2v) is 8.17. The lowest BCUT2D eigenvalue weighted by Crippen LogP contribution is -2.43. The molecule has 2 N–H and O–H groups in total. The molecule has 3 atom stereocenters. The molecule has 25 heavy (non-hydrogen) atoms. The van der Waals surface area contributed by atoms with Gasteiger partial charge in [0.25, 0.3) is 0 Å². The van der Waals surface area contributed by atoms with E-state index in [0.717, 1.165) is 31.8 Å². The Balaban J connectivity index is 1.29. The highest BCUT2D eigenvalue weighted by Gasteiger charge is 2.46. The molecule has 3 aliphatic rings. The lowest BCUT2D eigenvalue weighted by atomic mass is 9.71. The fraction of sp³-hybridized carbons (Fsp3) is 0.667. The monoisotopic (exact) mass is 342 g/mol. The molecule has 1 aliphatic heterocycles. The number of benzene rings is 1. The lowest BCUT2D eigenvalue weighted by molar-refractivity contribution is -0.122. The van der Waals surface area contributed by atoms with Crippen LogP contribution < -0.4 is 15.4 Å². The van der Waals surface area contributed by atoms with Crippen LogP contribution in [0.15, 0.2) is 24.3 Å². The number of amides is 1. The number of hydrogen-bond donors (Lipinski definition) is 2. The third-order valence-electron chi connectivity index (χ3n) is 6.89. The highest BCUT2D eigenvalue weighted by atomic mass is 16.5. The Morgan fingerprint density at radius 3 is 2.72 bits per heavy atom. The van der Waals surface area contributed by atoms with Crippen molar-refractivity contribution < 1.29 is 9.53 Å². The molecule has 0 radical (unpaired) electrons. The molecule has 2 saturated carbocycles.